The predicted molar refractivity (Wildman–Crippen MR) is 140 cm³/mol. The summed E-state index contributed by atoms with van der Waals surface area (Å²) in [6, 6.07) is 0. The molecule has 4 aliphatic carbocycles. The molecule has 3 heteroatoms. The van der Waals surface area contributed by atoms with Crippen LogP contribution in [-0.2, 0) is 11.3 Å². The highest BCUT2D eigenvalue weighted by Gasteiger charge is 2.59. The maximum absolute atomic E-state index is 13.5. The van der Waals surface area contributed by atoms with Crippen LogP contribution in [0.4, 0.5) is 0 Å². The SMILES string of the molecule is C#Cc1cnn(CC(=O)C2CCCC3C4CCC5CCC(C)CCC5(C)C4CCC23C)c1.CC. The molecule has 0 aliphatic heterocycles. The third-order valence-electron chi connectivity index (χ3n) is 11.0. The molecule has 0 N–H and O–H groups in total. The number of fused-ring (bicyclic) bond motifs is 5. The topological polar surface area (TPSA) is 34.9 Å². The molecule has 0 amide bonds. The first-order chi connectivity index (χ1) is 16.3. The Morgan fingerprint density at radius 2 is 1.74 bits per heavy atom. The molecule has 8 atom stereocenters. The average molecular weight is 465 g/mol. The van der Waals surface area contributed by atoms with E-state index in [1.165, 1.54) is 64.2 Å². The molecule has 0 saturated heterocycles. The standard InChI is InChI=1S/C29H42N2O.C2H6/c1-5-21-17-30-31(18-21)19-27(32)26-8-6-7-24-23-12-11-22-10-9-20(2)13-15-28(22,3)25(23)14-16-29(24,26)4;1-2/h1,17-18,20,22-26H,6-16,19H2,2-4H3;1-2H3. The van der Waals surface area contributed by atoms with E-state index in [9.17, 15) is 4.79 Å². The molecule has 1 aromatic heterocycles. The highest BCUT2D eigenvalue weighted by molar-refractivity contribution is 5.81. The lowest BCUT2D eigenvalue weighted by atomic mass is 9.42. The number of ketones is 1. The molecule has 0 bridgehead atoms. The lowest BCUT2D eigenvalue weighted by Crippen LogP contribution is -2.56. The Balaban J connectivity index is 0.00000133. The lowest BCUT2D eigenvalue weighted by molar-refractivity contribution is -0.152. The minimum atomic E-state index is 0.166. The first kappa shape index (κ1) is 25.5. The van der Waals surface area contributed by atoms with Crippen molar-refractivity contribution in [1.82, 2.24) is 9.78 Å². The van der Waals surface area contributed by atoms with Gasteiger partial charge in [0.1, 0.15) is 0 Å². The second kappa shape index (κ2) is 10.2. The van der Waals surface area contributed by atoms with Crippen LogP contribution >= 0.6 is 0 Å². The van der Waals surface area contributed by atoms with Gasteiger partial charge in [0.15, 0.2) is 5.78 Å². The Bertz CT molecular complexity index is 895. The molecule has 3 nitrogen and oxygen atoms in total. The fourth-order valence-electron chi connectivity index (χ4n) is 9.11. The molecule has 0 radical (unpaired) electrons. The first-order valence-corrected chi connectivity index (χ1v) is 14.4. The summed E-state index contributed by atoms with van der Waals surface area (Å²) in [5, 5.41) is 4.34. The van der Waals surface area contributed by atoms with Gasteiger partial charge in [-0.15, -0.1) is 6.42 Å². The van der Waals surface area contributed by atoms with Crippen molar-refractivity contribution in [3.63, 3.8) is 0 Å². The van der Waals surface area contributed by atoms with Crippen LogP contribution < -0.4 is 0 Å². The van der Waals surface area contributed by atoms with Crippen molar-refractivity contribution in [3.8, 4) is 12.3 Å². The molecular weight excluding hydrogens is 416 g/mol. The van der Waals surface area contributed by atoms with Gasteiger partial charge >= 0.3 is 0 Å². The molecule has 34 heavy (non-hydrogen) atoms. The van der Waals surface area contributed by atoms with Crippen LogP contribution in [0.3, 0.4) is 0 Å². The average Bonchev–Trinajstić information content (AvgIpc) is 3.23. The molecule has 4 saturated carbocycles. The summed E-state index contributed by atoms with van der Waals surface area (Å²) < 4.78 is 1.76. The van der Waals surface area contributed by atoms with Gasteiger partial charge in [-0.1, -0.05) is 59.8 Å². The van der Waals surface area contributed by atoms with Crippen molar-refractivity contribution in [2.24, 2.45) is 46.3 Å². The molecular formula is C31H48N2O. The number of carbonyl (C=O) groups is 1. The second-order valence-electron chi connectivity index (χ2n) is 12.4. The predicted octanol–water partition coefficient (Wildman–Crippen LogP) is 7.53. The van der Waals surface area contributed by atoms with Crippen LogP contribution in [0.2, 0.25) is 0 Å². The van der Waals surface area contributed by atoms with Gasteiger partial charge in [0.25, 0.3) is 0 Å². The summed E-state index contributed by atoms with van der Waals surface area (Å²) in [4.78, 5) is 13.5. The van der Waals surface area contributed by atoms with E-state index in [0.29, 0.717) is 17.7 Å². The van der Waals surface area contributed by atoms with E-state index in [4.69, 9.17) is 6.42 Å². The molecule has 0 spiro atoms. The van der Waals surface area contributed by atoms with Crippen molar-refractivity contribution in [3.05, 3.63) is 18.0 Å². The van der Waals surface area contributed by atoms with E-state index in [0.717, 1.165) is 41.6 Å². The molecule has 1 aromatic rings. The van der Waals surface area contributed by atoms with Crippen LogP contribution in [0.1, 0.15) is 111 Å². The number of carbonyl (C=O) groups excluding carboxylic acids is 1. The van der Waals surface area contributed by atoms with Gasteiger partial charge in [-0.25, -0.2) is 0 Å². The highest BCUT2D eigenvalue weighted by Crippen LogP contribution is 2.66. The van der Waals surface area contributed by atoms with E-state index in [2.05, 4.69) is 31.8 Å². The van der Waals surface area contributed by atoms with Gasteiger partial charge in [-0.2, -0.15) is 5.10 Å². The quantitative estimate of drug-likeness (QED) is 0.433. The Kier molecular flexibility index (Phi) is 7.66. The van der Waals surface area contributed by atoms with Crippen LogP contribution in [0.15, 0.2) is 12.4 Å². The normalized spacial score (nSPS) is 41.4. The molecule has 188 valence electrons. The fraction of sp³-hybridized carbons (Fsp3) is 0.806. The van der Waals surface area contributed by atoms with Crippen LogP contribution in [0.25, 0.3) is 0 Å². The van der Waals surface area contributed by atoms with Crippen LogP contribution in [0, 0.1) is 58.7 Å². The summed E-state index contributed by atoms with van der Waals surface area (Å²) >= 11 is 0. The molecule has 4 aliphatic rings. The molecule has 0 aromatic carbocycles. The van der Waals surface area contributed by atoms with Gasteiger partial charge in [-0.3, -0.25) is 9.48 Å². The molecule has 4 fully saturated rings. The number of terminal acetylenes is 1. The van der Waals surface area contributed by atoms with E-state index in [-0.39, 0.29) is 11.3 Å². The third-order valence-corrected chi connectivity index (χ3v) is 11.0. The van der Waals surface area contributed by atoms with Crippen LogP contribution in [-0.4, -0.2) is 15.6 Å². The number of rotatable bonds is 3. The largest absolute Gasteiger partial charge is 0.297 e. The third kappa shape index (κ3) is 4.40. The lowest BCUT2D eigenvalue weighted by Gasteiger charge is -2.62. The van der Waals surface area contributed by atoms with Crippen molar-refractivity contribution in [1.29, 1.82) is 0 Å². The Labute approximate surface area is 208 Å². The van der Waals surface area contributed by atoms with Crippen molar-refractivity contribution in [2.45, 2.75) is 112 Å². The number of nitrogens with zero attached hydrogens (tertiary/aromatic N) is 2. The zero-order valence-electron chi connectivity index (χ0n) is 22.5. The van der Waals surface area contributed by atoms with Gasteiger partial charge in [-0.05, 0) is 91.8 Å². The van der Waals surface area contributed by atoms with Gasteiger partial charge < -0.3 is 0 Å². The number of hydrogen-bond donors (Lipinski definition) is 0. The number of hydrogen-bond acceptors (Lipinski definition) is 2. The van der Waals surface area contributed by atoms with Gasteiger partial charge in [0, 0.05) is 12.1 Å². The van der Waals surface area contributed by atoms with Crippen LogP contribution in [0.5, 0.6) is 0 Å². The smallest absolute Gasteiger partial charge is 0.157 e. The van der Waals surface area contributed by atoms with E-state index in [1.807, 2.05) is 20.0 Å². The van der Waals surface area contributed by atoms with E-state index in [1.54, 1.807) is 10.9 Å². The van der Waals surface area contributed by atoms with Crippen molar-refractivity contribution in [2.75, 3.05) is 0 Å². The minimum absolute atomic E-state index is 0.166. The van der Waals surface area contributed by atoms with E-state index < -0.39 is 0 Å². The summed E-state index contributed by atoms with van der Waals surface area (Å²) in [5.74, 6) is 7.45. The van der Waals surface area contributed by atoms with Crippen molar-refractivity contribution >= 4 is 5.78 Å². The maximum Gasteiger partial charge on any atom is 0.157 e. The van der Waals surface area contributed by atoms with Gasteiger partial charge in [0.2, 0.25) is 0 Å². The molecule has 1 heterocycles. The number of aromatic nitrogens is 2. The van der Waals surface area contributed by atoms with E-state index >= 15 is 0 Å². The van der Waals surface area contributed by atoms with Crippen molar-refractivity contribution < 1.29 is 4.79 Å². The first-order valence-electron chi connectivity index (χ1n) is 14.4. The summed E-state index contributed by atoms with van der Waals surface area (Å²) in [6.07, 6.45) is 23.8. The Morgan fingerprint density at radius 3 is 2.47 bits per heavy atom. The zero-order valence-corrected chi connectivity index (χ0v) is 22.5. The fourth-order valence-corrected chi connectivity index (χ4v) is 9.11. The minimum Gasteiger partial charge on any atom is -0.297 e. The highest BCUT2D eigenvalue weighted by atomic mass is 16.1. The monoisotopic (exact) mass is 464 g/mol. The molecule has 5 rings (SSSR count). The summed E-state index contributed by atoms with van der Waals surface area (Å²) in [6.45, 7) is 12.0. The Morgan fingerprint density at radius 1 is 1.03 bits per heavy atom. The number of Topliss-reactive ketones (excluding diaryl/α,β-unsaturated/α-hetero) is 1. The maximum atomic E-state index is 13.5. The Hall–Kier alpha value is -1.56. The van der Waals surface area contributed by atoms with Gasteiger partial charge in [0.05, 0.1) is 18.3 Å². The summed E-state index contributed by atoms with van der Waals surface area (Å²) in [5.41, 5.74) is 1.46. The molecule has 8 unspecified atom stereocenters. The second-order valence-corrected chi connectivity index (χ2v) is 12.4. The summed E-state index contributed by atoms with van der Waals surface area (Å²) in [7, 11) is 0. The zero-order chi connectivity index (χ0) is 24.5.